The second-order valence-corrected chi connectivity index (χ2v) is 9.04. The van der Waals surface area contributed by atoms with Crippen LogP contribution in [0.2, 0.25) is 0 Å². The van der Waals surface area contributed by atoms with Gasteiger partial charge in [0.05, 0.1) is 17.9 Å². The monoisotopic (exact) mass is 421 g/mol. The minimum atomic E-state index is -0.493. The molecule has 7 heteroatoms. The third-order valence-corrected chi connectivity index (χ3v) is 5.54. The average molecular weight is 422 g/mol. The smallest absolute Gasteiger partial charge is 0.265 e. The standard InChI is InChI=1S/C23H23N3O3S/c1-23(2,3)21(28)25-22-24-17(14-30-22)16-9-10-19-18(11-16)26(20(27)13-29-19)12-15-7-5-4-6-8-15/h4-11,14H,12-13H2,1-3H3,(H,24,25,28). The number of nitrogens with one attached hydrogen (secondary N) is 1. The van der Waals surface area contributed by atoms with E-state index in [9.17, 15) is 9.59 Å². The Bertz CT molecular complexity index is 1090. The SMILES string of the molecule is CC(C)(C)C(=O)Nc1nc(-c2ccc3c(c2)N(Cc2ccccc2)C(=O)CO3)cs1. The summed E-state index contributed by atoms with van der Waals surface area (Å²) in [6, 6.07) is 15.6. The van der Waals surface area contributed by atoms with E-state index in [1.165, 1.54) is 11.3 Å². The Morgan fingerprint density at radius 3 is 2.70 bits per heavy atom. The van der Waals surface area contributed by atoms with Crippen molar-refractivity contribution in [1.82, 2.24) is 4.98 Å². The van der Waals surface area contributed by atoms with Crippen LogP contribution in [0.3, 0.4) is 0 Å². The normalized spacial score (nSPS) is 13.6. The van der Waals surface area contributed by atoms with Crippen LogP contribution >= 0.6 is 11.3 Å². The molecule has 0 bridgehead atoms. The lowest BCUT2D eigenvalue weighted by Gasteiger charge is -2.29. The second kappa shape index (κ2) is 7.91. The minimum Gasteiger partial charge on any atom is -0.482 e. The first-order valence-corrected chi connectivity index (χ1v) is 10.6. The number of amides is 2. The number of hydrogen-bond donors (Lipinski definition) is 1. The van der Waals surface area contributed by atoms with Crippen LogP contribution < -0.4 is 15.0 Å². The number of carbonyl (C=O) groups is 2. The van der Waals surface area contributed by atoms with Crippen molar-refractivity contribution in [3.05, 3.63) is 59.5 Å². The second-order valence-electron chi connectivity index (χ2n) is 8.18. The first-order valence-electron chi connectivity index (χ1n) is 9.70. The lowest BCUT2D eigenvalue weighted by molar-refractivity contribution is -0.123. The third-order valence-electron chi connectivity index (χ3n) is 4.79. The number of anilines is 2. The number of carbonyl (C=O) groups excluding carboxylic acids is 2. The molecule has 1 aliphatic rings. The summed E-state index contributed by atoms with van der Waals surface area (Å²) in [4.78, 5) is 31.1. The van der Waals surface area contributed by atoms with E-state index in [0.29, 0.717) is 17.4 Å². The Morgan fingerprint density at radius 1 is 1.20 bits per heavy atom. The van der Waals surface area contributed by atoms with Gasteiger partial charge >= 0.3 is 0 Å². The molecule has 1 aromatic heterocycles. The molecule has 154 valence electrons. The molecule has 0 spiro atoms. The predicted octanol–water partition coefficient (Wildman–Crippen LogP) is 4.72. The van der Waals surface area contributed by atoms with Crippen LogP contribution in [-0.2, 0) is 16.1 Å². The van der Waals surface area contributed by atoms with Gasteiger partial charge in [0.25, 0.3) is 5.91 Å². The summed E-state index contributed by atoms with van der Waals surface area (Å²) in [5.74, 6) is 0.507. The van der Waals surface area contributed by atoms with E-state index >= 15 is 0 Å². The fraction of sp³-hybridized carbons (Fsp3) is 0.261. The van der Waals surface area contributed by atoms with Crippen molar-refractivity contribution >= 4 is 34.0 Å². The van der Waals surface area contributed by atoms with Crippen molar-refractivity contribution in [3.63, 3.8) is 0 Å². The molecule has 0 radical (unpaired) electrons. The highest BCUT2D eigenvalue weighted by Crippen LogP contribution is 2.37. The van der Waals surface area contributed by atoms with Gasteiger partial charge in [-0.15, -0.1) is 11.3 Å². The van der Waals surface area contributed by atoms with E-state index in [4.69, 9.17) is 4.74 Å². The molecule has 0 atom stereocenters. The highest BCUT2D eigenvalue weighted by Gasteiger charge is 2.27. The van der Waals surface area contributed by atoms with Gasteiger partial charge in [-0.2, -0.15) is 0 Å². The zero-order chi connectivity index (χ0) is 21.3. The molecule has 6 nitrogen and oxygen atoms in total. The summed E-state index contributed by atoms with van der Waals surface area (Å²) in [5.41, 5.74) is 2.88. The summed E-state index contributed by atoms with van der Waals surface area (Å²) in [5, 5.41) is 5.31. The van der Waals surface area contributed by atoms with Crippen LogP contribution in [0.4, 0.5) is 10.8 Å². The lowest BCUT2D eigenvalue weighted by atomic mass is 9.96. The molecule has 2 amide bonds. The predicted molar refractivity (Wildman–Crippen MR) is 119 cm³/mol. The molecule has 0 saturated heterocycles. The highest BCUT2D eigenvalue weighted by atomic mass is 32.1. The number of hydrogen-bond acceptors (Lipinski definition) is 5. The van der Waals surface area contributed by atoms with Crippen molar-refractivity contribution < 1.29 is 14.3 Å². The molecule has 0 aliphatic carbocycles. The number of thiazole rings is 1. The molecule has 4 rings (SSSR count). The summed E-state index contributed by atoms with van der Waals surface area (Å²) in [6.45, 7) is 6.08. The maximum absolute atomic E-state index is 12.6. The molecule has 2 heterocycles. The maximum atomic E-state index is 12.6. The Kier molecular flexibility index (Phi) is 5.30. The molecule has 2 aromatic carbocycles. The Balaban J connectivity index is 1.62. The number of fused-ring (bicyclic) bond motifs is 1. The number of aromatic nitrogens is 1. The summed E-state index contributed by atoms with van der Waals surface area (Å²) >= 11 is 1.38. The van der Waals surface area contributed by atoms with E-state index in [0.717, 1.165) is 22.5 Å². The molecule has 1 N–H and O–H groups in total. The zero-order valence-corrected chi connectivity index (χ0v) is 18.0. The van der Waals surface area contributed by atoms with Crippen LogP contribution in [0.25, 0.3) is 11.3 Å². The Morgan fingerprint density at radius 2 is 1.97 bits per heavy atom. The Hall–Kier alpha value is -3.19. The van der Waals surface area contributed by atoms with E-state index in [-0.39, 0.29) is 18.4 Å². The molecule has 0 unspecified atom stereocenters. The lowest BCUT2D eigenvalue weighted by Crippen LogP contribution is -2.38. The number of benzene rings is 2. The van der Waals surface area contributed by atoms with Crippen LogP contribution in [0.1, 0.15) is 26.3 Å². The molecule has 0 fully saturated rings. The number of rotatable bonds is 4. The van der Waals surface area contributed by atoms with Crippen molar-refractivity contribution in [3.8, 4) is 17.0 Å². The van der Waals surface area contributed by atoms with E-state index in [2.05, 4.69) is 10.3 Å². The topological polar surface area (TPSA) is 71.5 Å². The number of ether oxygens (including phenoxy) is 1. The Labute approximate surface area is 179 Å². The fourth-order valence-electron chi connectivity index (χ4n) is 3.05. The summed E-state index contributed by atoms with van der Waals surface area (Å²) in [6.07, 6.45) is 0. The van der Waals surface area contributed by atoms with Gasteiger partial charge in [0.2, 0.25) is 5.91 Å². The quantitative estimate of drug-likeness (QED) is 0.662. The molecule has 1 aliphatic heterocycles. The van der Waals surface area contributed by atoms with Crippen molar-refractivity contribution in [1.29, 1.82) is 0 Å². The first-order chi connectivity index (χ1) is 14.3. The van der Waals surface area contributed by atoms with Gasteiger partial charge < -0.3 is 15.0 Å². The van der Waals surface area contributed by atoms with Crippen LogP contribution in [0, 0.1) is 5.41 Å². The van der Waals surface area contributed by atoms with Gasteiger partial charge in [-0.1, -0.05) is 51.1 Å². The van der Waals surface area contributed by atoms with E-state index in [1.54, 1.807) is 4.90 Å². The molecule has 30 heavy (non-hydrogen) atoms. The van der Waals surface area contributed by atoms with Crippen molar-refractivity contribution in [2.75, 3.05) is 16.8 Å². The average Bonchev–Trinajstić information content (AvgIpc) is 3.18. The van der Waals surface area contributed by atoms with Crippen LogP contribution in [0.5, 0.6) is 5.75 Å². The first kappa shape index (κ1) is 20.1. The van der Waals surface area contributed by atoms with E-state index < -0.39 is 5.41 Å². The largest absolute Gasteiger partial charge is 0.482 e. The van der Waals surface area contributed by atoms with Gasteiger partial charge in [0.1, 0.15) is 5.75 Å². The number of nitrogens with zero attached hydrogens (tertiary/aromatic N) is 2. The van der Waals surface area contributed by atoms with Gasteiger partial charge in [-0.05, 0) is 23.8 Å². The summed E-state index contributed by atoms with van der Waals surface area (Å²) in [7, 11) is 0. The fourth-order valence-corrected chi connectivity index (χ4v) is 3.76. The molecular formula is C23H23N3O3S. The molecular weight excluding hydrogens is 398 g/mol. The molecule has 3 aromatic rings. The third kappa shape index (κ3) is 4.21. The molecule has 0 saturated carbocycles. The maximum Gasteiger partial charge on any atom is 0.265 e. The van der Waals surface area contributed by atoms with Crippen molar-refractivity contribution in [2.24, 2.45) is 5.41 Å². The van der Waals surface area contributed by atoms with Crippen LogP contribution in [0.15, 0.2) is 53.9 Å². The van der Waals surface area contributed by atoms with Crippen LogP contribution in [-0.4, -0.2) is 23.4 Å². The highest BCUT2D eigenvalue weighted by molar-refractivity contribution is 7.14. The minimum absolute atomic E-state index is 0.0267. The van der Waals surface area contributed by atoms with E-state index in [1.807, 2.05) is 74.7 Å². The van der Waals surface area contributed by atoms with Gasteiger partial charge in [-0.3, -0.25) is 9.59 Å². The summed E-state index contributed by atoms with van der Waals surface area (Å²) < 4.78 is 5.62. The van der Waals surface area contributed by atoms with Gasteiger partial charge in [0.15, 0.2) is 11.7 Å². The van der Waals surface area contributed by atoms with Gasteiger partial charge in [-0.25, -0.2) is 4.98 Å². The zero-order valence-electron chi connectivity index (χ0n) is 17.1. The van der Waals surface area contributed by atoms with Crippen molar-refractivity contribution in [2.45, 2.75) is 27.3 Å². The van der Waals surface area contributed by atoms with Gasteiger partial charge in [0, 0.05) is 16.4 Å².